The molecule has 0 aliphatic carbocycles. The molecule has 0 spiro atoms. The molecule has 0 fully saturated rings. The maximum atomic E-state index is 6.25. The molecule has 0 heterocycles. The molecule has 19 heteroatoms. The minimum atomic E-state index is 0. The molecule has 158 valence electrons. The number of nitrogens with zero attached hydrogens (tertiary/aromatic N) is 6. The van der Waals surface area contributed by atoms with Crippen LogP contribution in [0.5, 0.6) is 0 Å². The first-order valence-electron chi connectivity index (χ1n) is 1.34. The Labute approximate surface area is 154 Å². The van der Waals surface area contributed by atoms with E-state index in [0.29, 0.717) is 0 Å². The van der Waals surface area contributed by atoms with Gasteiger partial charge >= 0.3 is 17.1 Å². The molecule has 0 aliphatic rings. The van der Waals surface area contributed by atoms with Crippen LogP contribution in [0.4, 0.5) is 0 Å². The van der Waals surface area contributed by atoms with Gasteiger partial charge in [-0.15, -0.1) is 0 Å². The molecular formula is C6H24FeN6O12. The van der Waals surface area contributed by atoms with E-state index in [2.05, 4.69) is 0 Å². The van der Waals surface area contributed by atoms with Crippen molar-refractivity contribution in [3.63, 3.8) is 0 Å². The van der Waals surface area contributed by atoms with Crippen LogP contribution in [0.2, 0.25) is 0 Å². The van der Waals surface area contributed by atoms with Gasteiger partial charge in [0.05, 0.1) is 0 Å². The second kappa shape index (κ2) is 918. The van der Waals surface area contributed by atoms with Crippen molar-refractivity contribution >= 4 is 0 Å². The molecule has 0 aromatic heterocycles. The number of hydrogen-bond donors (Lipinski definition) is 0. The van der Waals surface area contributed by atoms with Crippen LogP contribution in [0.1, 0.15) is 0 Å². The standard InChI is InChI=1S/6CN.Fe.12H2O/c6*1-2;;;;;;;;;;;;;/h;;;;;;;12*1H2/q6*-1;+6;;;;;;;;;;;;. The summed E-state index contributed by atoms with van der Waals surface area (Å²) in [6.45, 7) is 28.5. The van der Waals surface area contributed by atoms with Crippen molar-refractivity contribution in [3.05, 3.63) is 39.4 Å². The van der Waals surface area contributed by atoms with E-state index in [4.69, 9.17) is 71.0 Å². The molecule has 0 saturated heterocycles. The van der Waals surface area contributed by atoms with E-state index >= 15 is 0 Å². The summed E-state index contributed by atoms with van der Waals surface area (Å²) in [4.78, 5) is 0. The zero-order valence-corrected chi connectivity index (χ0v) is 13.1. The van der Waals surface area contributed by atoms with Gasteiger partial charge in [-0.2, -0.15) is 0 Å². The van der Waals surface area contributed by atoms with Gasteiger partial charge in [-0.25, -0.2) is 0 Å². The fraction of sp³-hybridized carbons (Fsp3) is 0. The normalized spacial score (nSPS) is 0.480. The van der Waals surface area contributed by atoms with Gasteiger partial charge in [0, 0.05) is 0 Å². The van der Waals surface area contributed by atoms with Crippen molar-refractivity contribution in [1.29, 1.82) is 31.6 Å². The first-order valence-corrected chi connectivity index (χ1v) is 1.34. The molecule has 18 nitrogen and oxygen atoms in total. The predicted octanol–water partition coefficient (Wildman–Crippen LogP) is -9.32. The van der Waals surface area contributed by atoms with Crippen LogP contribution in [0.15, 0.2) is 0 Å². The summed E-state index contributed by atoms with van der Waals surface area (Å²) in [6, 6.07) is 0. The number of hydrogen-bond acceptors (Lipinski definition) is 6. The molecular weight excluding hydrogens is 404 g/mol. The fourth-order valence-electron chi connectivity index (χ4n) is 0. The maximum absolute atomic E-state index is 6.25. The zero-order valence-electron chi connectivity index (χ0n) is 12.0. The van der Waals surface area contributed by atoms with Crippen LogP contribution in [-0.4, -0.2) is 65.7 Å². The summed E-state index contributed by atoms with van der Waals surface area (Å²) in [7, 11) is 0. The summed E-state index contributed by atoms with van der Waals surface area (Å²) in [5.41, 5.74) is 0. The van der Waals surface area contributed by atoms with Crippen LogP contribution < -0.4 is 0 Å². The van der Waals surface area contributed by atoms with E-state index in [1.165, 1.54) is 0 Å². The van der Waals surface area contributed by atoms with Gasteiger partial charge in [0.25, 0.3) is 0 Å². The van der Waals surface area contributed by atoms with Gasteiger partial charge in [0.1, 0.15) is 0 Å². The third kappa shape index (κ3) is 828. The average Bonchev–Trinajstić information content (AvgIpc) is 2.33. The van der Waals surface area contributed by atoms with Gasteiger partial charge in [-0.05, 0) is 0 Å². The quantitative estimate of drug-likeness (QED) is 0.266. The van der Waals surface area contributed by atoms with E-state index in [9.17, 15) is 0 Å². The zero-order chi connectivity index (χ0) is 12.0. The van der Waals surface area contributed by atoms with Gasteiger partial charge in [-0.1, -0.05) is 0 Å². The van der Waals surface area contributed by atoms with Gasteiger partial charge in [-0.3, -0.25) is 0 Å². The Bertz CT molecular complexity index is 117. The van der Waals surface area contributed by atoms with Crippen molar-refractivity contribution in [1.82, 2.24) is 0 Å². The third-order valence-corrected chi connectivity index (χ3v) is 0. The monoisotopic (exact) mass is 428 g/mol. The summed E-state index contributed by atoms with van der Waals surface area (Å²) in [5, 5.41) is 37.5. The molecule has 0 aliphatic heterocycles. The summed E-state index contributed by atoms with van der Waals surface area (Å²) in [5.74, 6) is 0. The average molecular weight is 428 g/mol. The Morgan fingerprint density at radius 2 is 0.200 bits per heavy atom. The molecule has 0 aromatic carbocycles. The Morgan fingerprint density at radius 1 is 0.200 bits per heavy atom. The Morgan fingerprint density at radius 3 is 0.200 bits per heavy atom. The molecule has 0 rings (SSSR count). The molecule has 24 N–H and O–H groups in total. The molecule has 0 bridgehead atoms. The van der Waals surface area contributed by atoms with E-state index < -0.39 is 0 Å². The first kappa shape index (κ1) is 1090. The molecule has 25 heavy (non-hydrogen) atoms. The Kier molecular flexibility index (Phi) is 40000. The van der Waals surface area contributed by atoms with Crippen molar-refractivity contribution in [2.45, 2.75) is 0 Å². The largest absolute Gasteiger partial charge is 6.00 e. The van der Waals surface area contributed by atoms with E-state index in [-0.39, 0.29) is 82.8 Å². The number of rotatable bonds is 0. The van der Waals surface area contributed by atoms with Crippen LogP contribution >= 0.6 is 0 Å². The Balaban J connectivity index is -0.000000000921. The summed E-state index contributed by atoms with van der Waals surface area (Å²) >= 11 is 0. The first-order chi connectivity index (χ1) is 6.00. The summed E-state index contributed by atoms with van der Waals surface area (Å²) < 4.78 is 0. The van der Waals surface area contributed by atoms with E-state index in [0.717, 1.165) is 0 Å². The van der Waals surface area contributed by atoms with Crippen molar-refractivity contribution in [2.75, 3.05) is 0 Å². The molecule has 0 radical (unpaired) electrons. The Hall–Kier alpha value is -3.02. The fourth-order valence-corrected chi connectivity index (χ4v) is 0. The van der Waals surface area contributed by atoms with Crippen LogP contribution in [0.25, 0.3) is 0 Å². The van der Waals surface area contributed by atoms with Crippen molar-refractivity contribution in [3.8, 4) is 0 Å². The smallest absolute Gasteiger partial charge is 0.512 e. The van der Waals surface area contributed by atoms with E-state index in [1.807, 2.05) is 0 Å². The second-order valence-corrected chi connectivity index (χ2v) is 0. The molecule has 0 unspecified atom stereocenters. The maximum Gasteiger partial charge on any atom is 6.00 e. The topological polar surface area (TPSA) is 521 Å². The van der Waals surface area contributed by atoms with Crippen LogP contribution in [0.3, 0.4) is 0 Å². The summed E-state index contributed by atoms with van der Waals surface area (Å²) in [6.07, 6.45) is 0. The SMILES string of the molecule is O.O.O.O.O.O.O.O.O.O.O.O.[C-]#N.[C-]#N.[C-]#N.[C-]#N.[C-]#N.[C-]#N.[Fe+6]. The molecule has 0 saturated carbocycles. The third-order valence-electron chi connectivity index (χ3n) is 0. The predicted molar refractivity (Wildman–Crippen MR) is 73.2 cm³/mol. The van der Waals surface area contributed by atoms with Gasteiger partial charge in [0.2, 0.25) is 0 Å². The van der Waals surface area contributed by atoms with Crippen molar-refractivity contribution < 1.29 is 82.8 Å². The van der Waals surface area contributed by atoms with Crippen molar-refractivity contribution in [2.24, 2.45) is 0 Å². The van der Waals surface area contributed by atoms with Gasteiger partial charge < -0.3 is 137 Å². The van der Waals surface area contributed by atoms with Gasteiger partial charge in [0.15, 0.2) is 0 Å². The van der Waals surface area contributed by atoms with Crippen LogP contribution in [0, 0.1) is 71.0 Å². The van der Waals surface area contributed by atoms with Crippen LogP contribution in [-0.2, 0) is 17.1 Å². The molecule has 0 amide bonds. The minimum Gasteiger partial charge on any atom is -0.512 e. The second-order valence-electron chi connectivity index (χ2n) is 0. The molecule has 0 aromatic rings. The molecule has 0 atom stereocenters. The van der Waals surface area contributed by atoms with E-state index in [1.54, 1.807) is 0 Å². The minimum absolute atomic E-state index is 0.